The summed E-state index contributed by atoms with van der Waals surface area (Å²) in [6, 6.07) is 15.6. The highest BCUT2D eigenvalue weighted by molar-refractivity contribution is 14.1. The van der Waals surface area contributed by atoms with E-state index in [4.69, 9.17) is 15.7 Å². The Bertz CT molecular complexity index is 1180. The molecule has 1 unspecified atom stereocenters. The number of hydrogen-bond donors (Lipinski definition) is 2. The van der Waals surface area contributed by atoms with E-state index >= 15 is 0 Å². The number of fused-ring (bicyclic) bond motifs is 2. The number of anilines is 1. The van der Waals surface area contributed by atoms with Gasteiger partial charge in [-0.05, 0) is 72.3 Å². The van der Waals surface area contributed by atoms with Crippen molar-refractivity contribution in [1.82, 2.24) is 19.9 Å². The van der Waals surface area contributed by atoms with Crippen molar-refractivity contribution in [2.24, 2.45) is 0 Å². The van der Waals surface area contributed by atoms with Crippen molar-refractivity contribution in [2.75, 3.05) is 5.73 Å². The Hall–Kier alpha value is -2.68. The predicted octanol–water partition coefficient (Wildman–Crippen LogP) is 4.29. The van der Waals surface area contributed by atoms with E-state index in [2.05, 4.69) is 27.9 Å². The third-order valence-corrected chi connectivity index (χ3v) is 5.52. The molecule has 3 N–H and O–H groups in total. The molecule has 0 radical (unpaired) electrons. The lowest BCUT2D eigenvalue weighted by molar-refractivity contribution is 0.0941. The summed E-state index contributed by atoms with van der Waals surface area (Å²) < 4.78 is 2.92. The lowest BCUT2D eigenvalue weighted by atomic mass is 10.2. The largest absolute Gasteiger partial charge is 0.384 e. The average molecular weight is 485 g/mol. The molecule has 0 saturated heterocycles. The maximum atomic E-state index is 13.0. The summed E-state index contributed by atoms with van der Waals surface area (Å²) in [6.45, 7) is 3.99. The van der Waals surface area contributed by atoms with Crippen LogP contribution < -0.4 is 11.1 Å². The Balaban J connectivity index is 2.02. The van der Waals surface area contributed by atoms with Crippen LogP contribution in [-0.4, -0.2) is 26.5 Å². The zero-order valence-corrected chi connectivity index (χ0v) is 17.8. The SMILES string of the molecule is CCC(C)NC(=O)c1c(N)n(-c2ccc(I)cc2)c2nc3ccccc3nc12. The maximum absolute atomic E-state index is 13.0. The Morgan fingerprint density at radius 3 is 2.43 bits per heavy atom. The fourth-order valence-corrected chi connectivity index (χ4v) is 3.49. The minimum atomic E-state index is -0.231. The van der Waals surface area contributed by atoms with Crippen molar-refractivity contribution in [2.45, 2.75) is 26.3 Å². The number of rotatable bonds is 4. The van der Waals surface area contributed by atoms with Gasteiger partial charge in [-0.2, -0.15) is 0 Å². The standard InChI is InChI=1S/C21H20IN5O/c1-3-12(2)24-21(28)17-18-20(26-16-7-5-4-6-15(16)25-18)27(19(17)23)14-10-8-13(22)9-11-14/h4-12H,3,23H2,1-2H3,(H,24,28). The van der Waals surface area contributed by atoms with Gasteiger partial charge in [0.1, 0.15) is 16.9 Å². The Kier molecular flexibility index (Phi) is 4.92. The molecule has 2 heterocycles. The number of halogens is 1. The molecule has 4 aromatic rings. The number of aromatic nitrogens is 3. The number of nitrogens with zero attached hydrogens (tertiary/aromatic N) is 3. The second-order valence-electron chi connectivity index (χ2n) is 6.74. The van der Waals surface area contributed by atoms with Crippen LogP contribution in [0.25, 0.3) is 27.9 Å². The number of nitrogens with one attached hydrogen (secondary N) is 1. The van der Waals surface area contributed by atoms with Gasteiger partial charge in [0.25, 0.3) is 5.91 Å². The summed E-state index contributed by atoms with van der Waals surface area (Å²) in [7, 11) is 0. The second kappa shape index (κ2) is 7.38. The minimum absolute atomic E-state index is 0.0389. The van der Waals surface area contributed by atoms with Crippen LogP contribution in [0, 0.1) is 3.57 Å². The first kappa shape index (κ1) is 18.7. The number of carbonyl (C=O) groups excluding carboxylic acids is 1. The van der Waals surface area contributed by atoms with Gasteiger partial charge in [-0.3, -0.25) is 9.36 Å². The van der Waals surface area contributed by atoms with E-state index in [-0.39, 0.29) is 11.9 Å². The number of para-hydroxylation sites is 2. The number of carbonyl (C=O) groups is 1. The lowest BCUT2D eigenvalue weighted by Gasteiger charge is -2.11. The molecule has 2 aromatic carbocycles. The van der Waals surface area contributed by atoms with Crippen molar-refractivity contribution in [3.05, 3.63) is 57.7 Å². The van der Waals surface area contributed by atoms with Crippen LogP contribution >= 0.6 is 22.6 Å². The van der Waals surface area contributed by atoms with Crippen LogP contribution in [0.15, 0.2) is 48.5 Å². The van der Waals surface area contributed by atoms with E-state index in [0.29, 0.717) is 22.5 Å². The van der Waals surface area contributed by atoms with Crippen LogP contribution in [-0.2, 0) is 0 Å². The summed E-state index contributed by atoms with van der Waals surface area (Å²) in [5.41, 5.74) is 10.3. The van der Waals surface area contributed by atoms with E-state index < -0.39 is 0 Å². The molecular weight excluding hydrogens is 465 g/mol. The van der Waals surface area contributed by atoms with Gasteiger partial charge in [0.05, 0.1) is 11.0 Å². The van der Waals surface area contributed by atoms with Crippen LogP contribution in [0.1, 0.15) is 30.6 Å². The smallest absolute Gasteiger partial charge is 0.257 e. The topological polar surface area (TPSA) is 85.8 Å². The van der Waals surface area contributed by atoms with Crippen molar-refractivity contribution in [1.29, 1.82) is 0 Å². The van der Waals surface area contributed by atoms with Crippen LogP contribution in [0.3, 0.4) is 0 Å². The van der Waals surface area contributed by atoms with Gasteiger partial charge in [-0.15, -0.1) is 0 Å². The van der Waals surface area contributed by atoms with Gasteiger partial charge in [-0.1, -0.05) is 19.1 Å². The molecule has 28 heavy (non-hydrogen) atoms. The van der Waals surface area contributed by atoms with E-state index in [9.17, 15) is 4.79 Å². The highest BCUT2D eigenvalue weighted by atomic mass is 127. The van der Waals surface area contributed by atoms with Gasteiger partial charge in [0.2, 0.25) is 0 Å². The van der Waals surface area contributed by atoms with E-state index in [1.54, 1.807) is 4.57 Å². The van der Waals surface area contributed by atoms with Gasteiger partial charge >= 0.3 is 0 Å². The number of hydrogen-bond acceptors (Lipinski definition) is 4. The molecule has 0 fully saturated rings. The van der Waals surface area contributed by atoms with Crippen molar-refractivity contribution in [3.63, 3.8) is 0 Å². The van der Waals surface area contributed by atoms with Crippen molar-refractivity contribution in [3.8, 4) is 5.69 Å². The summed E-state index contributed by atoms with van der Waals surface area (Å²) in [6.07, 6.45) is 0.829. The number of nitrogens with two attached hydrogens (primary N) is 1. The number of amides is 1. The highest BCUT2D eigenvalue weighted by Gasteiger charge is 2.25. The molecule has 7 heteroatoms. The lowest BCUT2D eigenvalue weighted by Crippen LogP contribution is -2.32. The number of benzene rings is 2. The molecule has 1 amide bonds. The van der Waals surface area contributed by atoms with Crippen LogP contribution in [0.2, 0.25) is 0 Å². The molecule has 0 aliphatic heterocycles. The zero-order valence-electron chi connectivity index (χ0n) is 15.6. The normalized spacial score (nSPS) is 12.4. The molecule has 0 aliphatic carbocycles. The maximum Gasteiger partial charge on any atom is 0.257 e. The van der Waals surface area contributed by atoms with Gasteiger partial charge in [-0.25, -0.2) is 9.97 Å². The molecule has 1 atom stereocenters. The molecular formula is C21H20IN5O. The fraction of sp³-hybridized carbons (Fsp3) is 0.190. The third-order valence-electron chi connectivity index (χ3n) is 4.80. The number of nitrogen functional groups attached to an aromatic ring is 1. The summed E-state index contributed by atoms with van der Waals surface area (Å²) >= 11 is 2.25. The average Bonchev–Trinajstić information content (AvgIpc) is 2.97. The second-order valence-corrected chi connectivity index (χ2v) is 7.98. The molecule has 142 valence electrons. The predicted molar refractivity (Wildman–Crippen MR) is 121 cm³/mol. The quantitative estimate of drug-likeness (QED) is 0.423. The van der Waals surface area contributed by atoms with Crippen molar-refractivity contribution < 1.29 is 4.79 Å². The summed E-state index contributed by atoms with van der Waals surface area (Å²) in [5, 5.41) is 3.00. The highest BCUT2D eigenvalue weighted by Crippen LogP contribution is 2.31. The van der Waals surface area contributed by atoms with Crippen LogP contribution in [0.5, 0.6) is 0 Å². The summed E-state index contributed by atoms with van der Waals surface area (Å²) in [4.78, 5) is 22.5. The molecule has 0 spiro atoms. The van der Waals surface area contributed by atoms with Crippen LogP contribution in [0.4, 0.5) is 5.82 Å². The first-order valence-electron chi connectivity index (χ1n) is 9.13. The monoisotopic (exact) mass is 485 g/mol. The fourth-order valence-electron chi connectivity index (χ4n) is 3.13. The molecule has 2 aromatic heterocycles. The molecule has 6 nitrogen and oxygen atoms in total. The van der Waals surface area contributed by atoms with E-state index in [0.717, 1.165) is 26.7 Å². The Morgan fingerprint density at radius 1 is 1.14 bits per heavy atom. The molecule has 0 bridgehead atoms. The molecule has 4 rings (SSSR count). The first-order chi connectivity index (χ1) is 13.5. The van der Waals surface area contributed by atoms with Gasteiger partial charge in [0, 0.05) is 15.3 Å². The van der Waals surface area contributed by atoms with Crippen molar-refractivity contribution >= 4 is 56.5 Å². The zero-order chi connectivity index (χ0) is 19.8. The minimum Gasteiger partial charge on any atom is -0.384 e. The van der Waals surface area contributed by atoms with E-state index in [1.165, 1.54) is 0 Å². The van der Waals surface area contributed by atoms with Gasteiger partial charge < -0.3 is 11.1 Å². The molecule has 0 saturated carbocycles. The van der Waals surface area contributed by atoms with E-state index in [1.807, 2.05) is 62.4 Å². The van der Waals surface area contributed by atoms with Gasteiger partial charge in [0.15, 0.2) is 5.65 Å². The third kappa shape index (κ3) is 3.19. The Labute approximate surface area is 176 Å². The first-order valence-corrected chi connectivity index (χ1v) is 10.2. The summed E-state index contributed by atoms with van der Waals surface area (Å²) in [5.74, 6) is 0.109. The Morgan fingerprint density at radius 2 is 1.79 bits per heavy atom. The molecule has 0 aliphatic rings.